The van der Waals surface area contributed by atoms with E-state index in [4.69, 9.17) is 9.47 Å². The molecule has 6 nitrogen and oxygen atoms in total. The molecule has 2 aromatic carbocycles. The first-order valence-corrected chi connectivity index (χ1v) is 9.08. The van der Waals surface area contributed by atoms with Gasteiger partial charge in [-0.05, 0) is 36.8 Å². The highest BCUT2D eigenvalue weighted by atomic mass is 16.5. The van der Waals surface area contributed by atoms with Crippen molar-refractivity contribution in [2.75, 3.05) is 19.0 Å². The molecule has 2 rings (SSSR count). The molecule has 2 aromatic rings. The van der Waals surface area contributed by atoms with Gasteiger partial charge in [-0.25, -0.2) is 0 Å². The molecule has 0 heterocycles. The zero-order valence-electron chi connectivity index (χ0n) is 15.8. The van der Waals surface area contributed by atoms with Crippen LogP contribution in [0.15, 0.2) is 48.5 Å². The summed E-state index contributed by atoms with van der Waals surface area (Å²) in [6.07, 6.45) is 3.30. The van der Waals surface area contributed by atoms with Gasteiger partial charge in [0.05, 0.1) is 13.7 Å². The maximum atomic E-state index is 12.0. The van der Waals surface area contributed by atoms with Crippen LogP contribution in [0.3, 0.4) is 0 Å². The maximum absolute atomic E-state index is 12.0. The van der Waals surface area contributed by atoms with Crippen molar-refractivity contribution in [1.29, 1.82) is 0 Å². The zero-order valence-corrected chi connectivity index (χ0v) is 15.8. The van der Waals surface area contributed by atoms with Gasteiger partial charge < -0.3 is 20.1 Å². The number of carbonyl (C=O) groups is 2. The lowest BCUT2D eigenvalue weighted by atomic mass is 10.2. The highest BCUT2D eigenvalue weighted by molar-refractivity contribution is 6.39. The second kappa shape index (κ2) is 10.9. The van der Waals surface area contributed by atoms with E-state index in [0.717, 1.165) is 30.6 Å². The third-order valence-corrected chi connectivity index (χ3v) is 3.97. The lowest BCUT2D eigenvalue weighted by molar-refractivity contribution is -0.136. The Morgan fingerprint density at radius 3 is 2.41 bits per heavy atom. The van der Waals surface area contributed by atoms with E-state index in [1.54, 1.807) is 37.4 Å². The number of para-hydroxylation sites is 1. The molecule has 0 spiro atoms. The van der Waals surface area contributed by atoms with E-state index >= 15 is 0 Å². The molecule has 2 N–H and O–H groups in total. The molecular formula is C21H26N2O4. The van der Waals surface area contributed by atoms with Crippen molar-refractivity contribution < 1.29 is 19.1 Å². The number of anilines is 1. The number of benzene rings is 2. The van der Waals surface area contributed by atoms with Crippen molar-refractivity contribution in [2.45, 2.75) is 32.7 Å². The minimum absolute atomic E-state index is 0.209. The van der Waals surface area contributed by atoms with Crippen LogP contribution in [0.4, 0.5) is 5.69 Å². The van der Waals surface area contributed by atoms with Crippen LogP contribution >= 0.6 is 0 Å². The molecule has 0 radical (unpaired) electrons. The van der Waals surface area contributed by atoms with Crippen LogP contribution in [0.5, 0.6) is 11.5 Å². The normalized spacial score (nSPS) is 10.1. The Bertz CT molecular complexity index is 744. The number of unbranched alkanes of at least 4 members (excludes halogenated alkanes) is 2. The fourth-order valence-electron chi connectivity index (χ4n) is 2.47. The summed E-state index contributed by atoms with van der Waals surface area (Å²) in [4.78, 5) is 24.0. The van der Waals surface area contributed by atoms with Gasteiger partial charge in [0.25, 0.3) is 0 Å². The van der Waals surface area contributed by atoms with E-state index in [1.807, 2.05) is 18.2 Å². The van der Waals surface area contributed by atoms with E-state index in [9.17, 15) is 9.59 Å². The van der Waals surface area contributed by atoms with E-state index in [2.05, 4.69) is 17.6 Å². The number of hydrogen-bond donors (Lipinski definition) is 2. The maximum Gasteiger partial charge on any atom is 0.313 e. The summed E-state index contributed by atoms with van der Waals surface area (Å²) in [6, 6.07) is 14.3. The van der Waals surface area contributed by atoms with Crippen molar-refractivity contribution >= 4 is 17.5 Å². The summed E-state index contributed by atoms with van der Waals surface area (Å²) < 4.78 is 10.8. The van der Waals surface area contributed by atoms with Gasteiger partial charge >= 0.3 is 11.8 Å². The SMILES string of the molecule is CCCCCOc1ccc(NC(=O)C(=O)NCc2ccccc2OC)cc1. The summed E-state index contributed by atoms with van der Waals surface area (Å²) in [5.74, 6) is -0.0280. The molecule has 2 amide bonds. The Balaban J connectivity index is 1.80. The molecule has 0 aliphatic carbocycles. The second-order valence-corrected chi connectivity index (χ2v) is 6.03. The predicted octanol–water partition coefficient (Wildman–Crippen LogP) is 3.52. The smallest absolute Gasteiger partial charge is 0.313 e. The largest absolute Gasteiger partial charge is 0.496 e. The van der Waals surface area contributed by atoms with Crippen molar-refractivity contribution in [3.8, 4) is 11.5 Å². The van der Waals surface area contributed by atoms with E-state index < -0.39 is 11.8 Å². The minimum atomic E-state index is -0.721. The highest BCUT2D eigenvalue weighted by Crippen LogP contribution is 2.17. The summed E-state index contributed by atoms with van der Waals surface area (Å²) in [7, 11) is 1.56. The zero-order chi connectivity index (χ0) is 19.5. The summed E-state index contributed by atoms with van der Waals surface area (Å²) >= 11 is 0. The monoisotopic (exact) mass is 370 g/mol. The summed E-state index contributed by atoms with van der Waals surface area (Å²) in [5.41, 5.74) is 1.33. The molecule has 6 heteroatoms. The Labute approximate surface area is 159 Å². The average Bonchev–Trinajstić information content (AvgIpc) is 2.70. The van der Waals surface area contributed by atoms with E-state index in [1.165, 1.54) is 0 Å². The predicted molar refractivity (Wildman–Crippen MR) is 105 cm³/mol. The first kappa shape index (κ1) is 20.3. The van der Waals surface area contributed by atoms with Crippen molar-refractivity contribution in [1.82, 2.24) is 5.32 Å². The van der Waals surface area contributed by atoms with Gasteiger partial charge in [-0.15, -0.1) is 0 Å². The lowest BCUT2D eigenvalue weighted by Crippen LogP contribution is -2.35. The van der Waals surface area contributed by atoms with Gasteiger partial charge in [0, 0.05) is 17.8 Å². The van der Waals surface area contributed by atoms with Crippen LogP contribution < -0.4 is 20.1 Å². The molecule has 144 valence electrons. The first-order valence-electron chi connectivity index (χ1n) is 9.08. The Morgan fingerprint density at radius 1 is 0.963 bits per heavy atom. The molecule has 0 fully saturated rings. The van der Waals surface area contributed by atoms with Crippen LogP contribution in [0.2, 0.25) is 0 Å². The third kappa shape index (κ3) is 6.66. The number of hydrogen-bond acceptors (Lipinski definition) is 4. The van der Waals surface area contributed by atoms with Crippen LogP contribution in [0.25, 0.3) is 0 Å². The fourth-order valence-corrected chi connectivity index (χ4v) is 2.47. The van der Waals surface area contributed by atoms with E-state index in [-0.39, 0.29) is 6.54 Å². The van der Waals surface area contributed by atoms with Crippen molar-refractivity contribution in [3.63, 3.8) is 0 Å². The van der Waals surface area contributed by atoms with Gasteiger partial charge in [-0.1, -0.05) is 38.0 Å². The molecule has 0 aliphatic rings. The fraction of sp³-hybridized carbons (Fsp3) is 0.333. The Morgan fingerprint density at radius 2 is 1.70 bits per heavy atom. The molecule has 0 atom stereocenters. The standard InChI is InChI=1S/C21H26N2O4/c1-3-4-7-14-27-18-12-10-17(11-13-18)23-21(25)20(24)22-15-16-8-5-6-9-19(16)26-2/h5-6,8-13H,3-4,7,14-15H2,1-2H3,(H,22,24)(H,23,25). The number of ether oxygens (including phenoxy) is 2. The molecule has 0 aliphatic heterocycles. The molecule has 0 unspecified atom stereocenters. The Kier molecular flexibility index (Phi) is 8.16. The highest BCUT2D eigenvalue weighted by Gasteiger charge is 2.14. The minimum Gasteiger partial charge on any atom is -0.496 e. The number of rotatable bonds is 9. The Hall–Kier alpha value is -3.02. The van der Waals surface area contributed by atoms with Gasteiger partial charge in [0.15, 0.2) is 0 Å². The van der Waals surface area contributed by atoms with E-state index in [0.29, 0.717) is 18.0 Å². The number of amides is 2. The van der Waals surface area contributed by atoms with Gasteiger partial charge in [0.1, 0.15) is 11.5 Å². The molecule has 0 saturated heterocycles. The van der Waals surface area contributed by atoms with Gasteiger partial charge in [0.2, 0.25) is 0 Å². The third-order valence-electron chi connectivity index (χ3n) is 3.97. The number of carbonyl (C=O) groups excluding carboxylic acids is 2. The molecular weight excluding hydrogens is 344 g/mol. The molecule has 0 bridgehead atoms. The lowest BCUT2D eigenvalue weighted by Gasteiger charge is -2.10. The average molecular weight is 370 g/mol. The number of methoxy groups -OCH3 is 1. The number of nitrogens with one attached hydrogen (secondary N) is 2. The second-order valence-electron chi connectivity index (χ2n) is 6.03. The first-order chi connectivity index (χ1) is 13.1. The topological polar surface area (TPSA) is 76.7 Å². The summed E-state index contributed by atoms with van der Waals surface area (Å²) in [5, 5.41) is 5.16. The van der Waals surface area contributed by atoms with Crippen LogP contribution in [-0.2, 0) is 16.1 Å². The van der Waals surface area contributed by atoms with Crippen LogP contribution in [-0.4, -0.2) is 25.5 Å². The molecule has 0 saturated carbocycles. The van der Waals surface area contributed by atoms with Gasteiger partial charge in [-0.2, -0.15) is 0 Å². The van der Waals surface area contributed by atoms with Crippen LogP contribution in [0, 0.1) is 0 Å². The van der Waals surface area contributed by atoms with Crippen molar-refractivity contribution in [2.24, 2.45) is 0 Å². The van der Waals surface area contributed by atoms with Crippen molar-refractivity contribution in [3.05, 3.63) is 54.1 Å². The quantitative estimate of drug-likeness (QED) is 0.523. The summed E-state index contributed by atoms with van der Waals surface area (Å²) in [6.45, 7) is 3.02. The van der Waals surface area contributed by atoms with Crippen LogP contribution in [0.1, 0.15) is 31.7 Å². The molecule has 0 aromatic heterocycles. The van der Waals surface area contributed by atoms with Gasteiger partial charge in [-0.3, -0.25) is 9.59 Å². The molecule has 27 heavy (non-hydrogen) atoms.